The smallest absolute Gasteiger partial charge is 0.336 e. The lowest BCUT2D eigenvalue weighted by molar-refractivity contribution is 0.0695. The SMILES string of the molecule is O=C(O)c1cc(OCC2CC2)ccc1Br. The maximum absolute atomic E-state index is 10.8. The number of halogens is 1. The highest BCUT2D eigenvalue weighted by atomic mass is 79.9. The number of carboxylic acids is 1. The molecule has 1 aliphatic carbocycles. The van der Waals surface area contributed by atoms with Crippen molar-refractivity contribution in [1.29, 1.82) is 0 Å². The molecule has 0 amide bonds. The van der Waals surface area contributed by atoms with Gasteiger partial charge in [0.2, 0.25) is 0 Å². The maximum atomic E-state index is 10.8. The minimum Gasteiger partial charge on any atom is -0.493 e. The fourth-order valence-electron chi connectivity index (χ4n) is 1.26. The molecule has 1 fully saturated rings. The van der Waals surface area contributed by atoms with Crippen LogP contribution in [0.4, 0.5) is 0 Å². The van der Waals surface area contributed by atoms with Crippen LogP contribution in [-0.4, -0.2) is 17.7 Å². The van der Waals surface area contributed by atoms with Crippen molar-refractivity contribution in [2.45, 2.75) is 12.8 Å². The van der Waals surface area contributed by atoms with Gasteiger partial charge >= 0.3 is 5.97 Å². The average molecular weight is 271 g/mol. The van der Waals surface area contributed by atoms with Crippen LogP contribution < -0.4 is 4.74 Å². The Morgan fingerprint density at radius 3 is 2.87 bits per heavy atom. The number of benzene rings is 1. The minimum absolute atomic E-state index is 0.239. The van der Waals surface area contributed by atoms with Gasteiger partial charge < -0.3 is 9.84 Å². The van der Waals surface area contributed by atoms with Crippen molar-refractivity contribution < 1.29 is 14.6 Å². The monoisotopic (exact) mass is 270 g/mol. The first kappa shape index (κ1) is 10.5. The second-order valence-electron chi connectivity index (χ2n) is 3.70. The lowest BCUT2D eigenvalue weighted by Gasteiger charge is -2.06. The predicted octanol–water partition coefficient (Wildman–Crippen LogP) is 2.94. The molecule has 0 unspecified atom stereocenters. The standard InChI is InChI=1S/C11H11BrO3/c12-10-4-3-8(5-9(10)11(13)14)15-6-7-1-2-7/h3-5,7H,1-2,6H2,(H,13,14). The van der Waals surface area contributed by atoms with Gasteiger partial charge in [0.25, 0.3) is 0 Å². The van der Waals surface area contributed by atoms with Crippen LogP contribution in [0, 0.1) is 5.92 Å². The zero-order valence-corrected chi connectivity index (χ0v) is 9.66. The molecular weight excluding hydrogens is 260 g/mol. The van der Waals surface area contributed by atoms with Gasteiger partial charge in [0.05, 0.1) is 12.2 Å². The number of aromatic carboxylic acids is 1. The highest BCUT2D eigenvalue weighted by Gasteiger charge is 2.22. The quantitative estimate of drug-likeness (QED) is 0.915. The fraction of sp³-hybridized carbons (Fsp3) is 0.364. The van der Waals surface area contributed by atoms with Gasteiger partial charge in [-0.1, -0.05) is 0 Å². The van der Waals surface area contributed by atoms with Gasteiger partial charge in [0, 0.05) is 4.47 Å². The fourth-order valence-corrected chi connectivity index (χ4v) is 1.67. The van der Waals surface area contributed by atoms with Crippen LogP contribution in [-0.2, 0) is 0 Å². The molecule has 4 heteroatoms. The molecule has 1 saturated carbocycles. The van der Waals surface area contributed by atoms with Crippen molar-refractivity contribution in [2.75, 3.05) is 6.61 Å². The molecule has 0 aliphatic heterocycles. The Bertz CT molecular complexity index is 385. The molecule has 15 heavy (non-hydrogen) atoms. The molecule has 1 aromatic carbocycles. The van der Waals surface area contributed by atoms with Crippen molar-refractivity contribution in [3.05, 3.63) is 28.2 Å². The van der Waals surface area contributed by atoms with E-state index in [1.807, 2.05) is 0 Å². The van der Waals surface area contributed by atoms with Gasteiger partial charge in [-0.05, 0) is 52.9 Å². The van der Waals surface area contributed by atoms with Crippen molar-refractivity contribution in [1.82, 2.24) is 0 Å². The van der Waals surface area contributed by atoms with E-state index in [4.69, 9.17) is 9.84 Å². The Kier molecular flexibility index (Phi) is 2.95. The Morgan fingerprint density at radius 1 is 1.53 bits per heavy atom. The number of hydrogen-bond acceptors (Lipinski definition) is 2. The summed E-state index contributed by atoms with van der Waals surface area (Å²) in [4.78, 5) is 10.8. The average Bonchev–Trinajstić information content (AvgIpc) is 3.00. The third-order valence-electron chi connectivity index (χ3n) is 2.35. The first-order chi connectivity index (χ1) is 7.16. The van der Waals surface area contributed by atoms with Crippen LogP contribution in [0.5, 0.6) is 5.75 Å². The molecule has 0 saturated heterocycles. The molecule has 0 radical (unpaired) electrons. The van der Waals surface area contributed by atoms with E-state index >= 15 is 0 Å². The van der Waals surface area contributed by atoms with Crippen LogP contribution in [0.15, 0.2) is 22.7 Å². The van der Waals surface area contributed by atoms with Crippen molar-refractivity contribution in [3.63, 3.8) is 0 Å². The zero-order chi connectivity index (χ0) is 10.8. The summed E-state index contributed by atoms with van der Waals surface area (Å²) in [5, 5.41) is 8.89. The van der Waals surface area contributed by atoms with E-state index < -0.39 is 5.97 Å². The highest BCUT2D eigenvalue weighted by molar-refractivity contribution is 9.10. The van der Waals surface area contributed by atoms with Crippen LogP contribution in [0.3, 0.4) is 0 Å². The summed E-state index contributed by atoms with van der Waals surface area (Å²) in [6.45, 7) is 0.695. The van der Waals surface area contributed by atoms with Gasteiger partial charge in [-0.2, -0.15) is 0 Å². The molecule has 1 aromatic rings. The molecule has 0 bridgehead atoms. The molecule has 0 aromatic heterocycles. The van der Waals surface area contributed by atoms with Crippen molar-refractivity contribution >= 4 is 21.9 Å². The molecule has 0 heterocycles. The molecule has 2 rings (SSSR count). The molecule has 0 spiro atoms. The molecular formula is C11H11BrO3. The summed E-state index contributed by atoms with van der Waals surface area (Å²) in [6.07, 6.45) is 2.45. The summed E-state index contributed by atoms with van der Waals surface area (Å²) in [6, 6.07) is 5.03. The van der Waals surface area contributed by atoms with E-state index in [9.17, 15) is 4.79 Å². The van der Waals surface area contributed by atoms with Crippen LogP contribution in [0.25, 0.3) is 0 Å². The van der Waals surface area contributed by atoms with E-state index in [0.717, 1.165) is 0 Å². The highest BCUT2D eigenvalue weighted by Crippen LogP contribution is 2.30. The third kappa shape index (κ3) is 2.72. The van der Waals surface area contributed by atoms with Gasteiger partial charge in [-0.3, -0.25) is 0 Å². The Balaban J connectivity index is 2.10. The number of carbonyl (C=O) groups is 1. The molecule has 80 valence electrons. The zero-order valence-electron chi connectivity index (χ0n) is 8.07. The first-order valence-corrected chi connectivity index (χ1v) is 5.62. The largest absolute Gasteiger partial charge is 0.493 e. The summed E-state index contributed by atoms with van der Waals surface area (Å²) in [5.74, 6) is 0.350. The summed E-state index contributed by atoms with van der Waals surface area (Å²) >= 11 is 3.19. The van der Waals surface area contributed by atoms with E-state index in [-0.39, 0.29) is 5.56 Å². The summed E-state index contributed by atoms with van der Waals surface area (Å²) < 4.78 is 6.07. The van der Waals surface area contributed by atoms with Crippen molar-refractivity contribution in [3.8, 4) is 5.75 Å². The second kappa shape index (κ2) is 4.23. The Labute approximate surface area is 96.2 Å². The topological polar surface area (TPSA) is 46.5 Å². The second-order valence-corrected chi connectivity index (χ2v) is 4.56. The molecule has 1 aliphatic rings. The van der Waals surface area contributed by atoms with Crippen molar-refractivity contribution in [2.24, 2.45) is 5.92 Å². The molecule has 3 nitrogen and oxygen atoms in total. The predicted molar refractivity (Wildman–Crippen MR) is 59.3 cm³/mol. The maximum Gasteiger partial charge on any atom is 0.336 e. The Hall–Kier alpha value is -1.03. The lowest BCUT2D eigenvalue weighted by Crippen LogP contribution is -2.02. The summed E-state index contributed by atoms with van der Waals surface area (Å²) in [5.41, 5.74) is 0.239. The molecule has 0 atom stereocenters. The van der Waals surface area contributed by atoms with E-state index in [2.05, 4.69) is 15.9 Å². The number of hydrogen-bond donors (Lipinski definition) is 1. The van der Waals surface area contributed by atoms with E-state index in [0.29, 0.717) is 22.7 Å². The first-order valence-electron chi connectivity index (χ1n) is 4.82. The molecule has 1 N–H and O–H groups in total. The Morgan fingerprint density at radius 2 is 2.27 bits per heavy atom. The van der Waals surface area contributed by atoms with Crippen LogP contribution in [0.2, 0.25) is 0 Å². The number of ether oxygens (including phenoxy) is 1. The normalized spacial score (nSPS) is 15.0. The van der Waals surface area contributed by atoms with Gasteiger partial charge in [-0.15, -0.1) is 0 Å². The van der Waals surface area contributed by atoms with Gasteiger partial charge in [0.15, 0.2) is 0 Å². The van der Waals surface area contributed by atoms with Crippen LogP contribution >= 0.6 is 15.9 Å². The van der Waals surface area contributed by atoms with Gasteiger partial charge in [0.1, 0.15) is 5.75 Å². The van der Waals surface area contributed by atoms with Gasteiger partial charge in [-0.25, -0.2) is 4.79 Å². The third-order valence-corrected chi connectivity index (χ3v) is 3.04. The minimum atomic E-state index is -0.946. The van der Waals surface area contributed by atoms with Crippen LogP contribution in [0.1, 0.15) is 23.2 Å². The van der Waals surface area contributed by atoms with E-state index in [1.165, 1.54) is 12.8 Å². The number of carboxylic acid groups (broad SMARTS) is 1. The summed E-state index contributed by atoms with van der Waals surface area (Å²) in [7, 11) is 0. The van der Waals surface area contributed by atoms with E-state index in [1.54, 1.807) is 18.2 Å². The lowest BCUT2D eigenvalue weighted by atomic mass is 10.2. The number of rotatable bonds is 4.